The van der Waals surface area contributed by atoms with Crippen LogP contribution in [-0.2, 0) is 0 Å². The van der Waals surface area contributed by atoms with Crippen molar-refractivity contribution in [1.82, 2.24) is 0 Å². The molecule has 0 heterocycles. The third-order valence-electron chi connectivity index (χ3n) is 10.7. The molecule has 1 aromatic rings. The molecule has 0 heteroatoms. The van der Waals surface area contributed by atoms with Gasteiger partial charge in [-0.05, 0) is 123 Å². The first-order chi connectivity index (χ1) is 18.7. The maximum Gasteiger partial charge on any atom is 0.0249 e. The maximum absolute atomic E-state index is 3.39. The first kappa shape index (κ1) is 29.5. The van der Waals surface area contributed by atoms with Crippen molar-refractivity contribution in [2.75, 3.05) is 0 Å². The van der Waals surface area contributed by atoms with Gasteiger partial charge in [0.25, 0.3) is 0 Å². The lowest BCUT2D eigenvalue weighted by Crippen LogP contribution is -2.25. The van der Waals surface area contributed by atoms with Crippen LogP contribution in [0.25, 0.3) is 0 Å². The van der Waals surface area contributed by atoms with E-state index in [4.69, 9.17) is 0 Å². The van der Waals surface area contributed by atoms with Gasteiger partial charge in [0.15, 0.2) is 0 Å². The fourth-order valence-electron chi connectivity index (χ4n) is 8.04. The van der Waals surface area contributed by atoms with Crippen LogP contribution in [0.3, 0.4) is 0 Å². The molecule has 0 saturated heterocycles. The van der Waals surface area contributed by atoms with Crippen LogP contribution in [0.4, 0.5) is 0 Å². The largest absolute Gasteiger partial charge is 0.0730 e. The normalized spacial score (nSPS) is 30.2. The van der Waals surface area contributed by atoms with Crippen molar-refractivity contribution in [3.63, 3.8) is 0 Å². The Morgan fingerprint density at radius 1 is 0.632 bits per heavy atom. The Balaban J connectivity index is 1.12. The monoisotopic (exact) mass is 514 g/mol. The van der Waals surface area contributed by atoms with Crippen LogP contribution < -0.4 is 0 Å². The molecule has 0 unspecified atom stereocenters. The Hall–Kier alpha value is -1.48. The molecule has 3 aliphatic rings. The Morgan fingerprint density at radius 2 is 1.21 bits per heavy atom. The van der Waals surface area contributed by atoms with Crippen LogP contribution in [0.2, 0.25) is 0 Å². The number of hydrogen-bond acceptors (Lipinski definition) is 0. The van der Waals surface area contributed by atoms with Crippen molar-refractivity contribution in [2.24, 2.45) is 29.6 Å². The fraction of sp³-hybridized carbons (Fsp3) is 0.737. The molecule has 0 aromatic heterocycles. The van der Waals surface area contributed by atoms with E-state index in [-0.39, 0.29) is 0 Å². The van der Waals surface area contributed by atoms with Gasteiger partial charge in [-0.15, -0.1) is 0 Å². The second-order valence-corrected chi connectivity index (χ2v) is 13.4. The summed E-state index contributed by atoms with van der Waals surface area (Å²) >= 11 is 0. The van der Waals surface area contributed by atoms with E-state index in [0.29, 0.717) is 0 Å². The molecule has 0 atom stereocenters. The molecule has 3 saturated carbocycles. The average Bonchev–Trinajstić information content (AvgIpc) is 2.98. The second-order valence-electron chi connectivity index (χ2n) is 13.4. The molecular weight excluding hydrogens is 456 g/mol. The minimum atomic E-state index is 0.755. The highest BCUT2D eigenvalue weighted by molar-refractivity contribution is 5.39. The summed E-state index contributed by atoms with van der Waals surface area (Å²) in [5, 5.41) is 0. The molecule has 0 nitrogen and oxygen atoms in total. The number of rotatable bonds is 11. The van der Waals surface area contributed by atoms with E-state index in [1.165, 1.54) is 140 Å². The van der Waals surface area contributed by atoms with Crippen LogP contribution in [0.1, 0.15) is 159 Å². The van der Waals surface area contributed by atoms with Crippen molar-refractivity contribution in [2.45, 2.75) is 148 Å². The van der Waals surface area contributed by atoms with Crippen LogP contribution in [-0.4, -0.2) is 0 Å². The van der Waals surface area contributed by atoms with E-state index in [1.807, 2.05) is 0 Å². The molecule has 210 valence electrons. The van der Waals surface area contributed by atoms with Crippen molar-refractivity contribution in [3.8, 4) is 11.8 Å². The zero-order valence-electron chi connectivity index (χ0n) is 25.1. The molecular formula is C38H58. The number of allylic oxidation sites excluding steroid dienone is 2. The molecule has 0 aliphatic heterocycles. The first-order valence-electron chi connectivity index (χ1n) is 17.0. The Morgan fingerprint density at radius 3 is 1.84 bits per heavy atom. The highest BCUT2D eigenvalue weighted by Crippen LogP contribution is 2.42. The Labute approximate surface area is 236 Å². The van der Waals surface area contributed by atoms with Crippen molar-refractivity contribution < 1.29 is 0 Å². The molecule has 0 spiro atoms. The molecule has 0 radical (unpaired) electrons. The van der Waals surface area contributed by atoms with Crippen molar-refractivity contribution >= 4 is 0 Å². The summed E-state index contributed by atoms with van der Waals surface area (Å²) in [6.07, 6.45) is 33.4. The zero-order valence-corrected chi connectivity index (χ0v) is 25.1. The van der Waals surface area contributed by atoms with Crippen molar-refractivity contribution in [1.29, 1.82) is 0 Å². The topological polar surface area (TPSA) is 0 Å². The van der Waals surface area contributed by atoms with Gasteiger partial charge < -0.3 is 0 Å². The lowest BCUT2D eigenvalue weighted by Gasteiger charge is -2.37. The average molecular weight is 515 g/mol. The first-order valence-corrected chi connectivity index (χ1v) is 17.0. The SMILES string of the molecule is CCCCCC[C@H]1CC[C@H]([C@H]2CC[C@H](C=CC#Cc3ccc([C@H]4CC[C@H](CCCC)CC4)cc3)CC2)CC1. The van der Waals surface area contributed by atoms with E-state index < -0.39 is 0 Å². The van der Waals surface area contributed by atoms with Gasteiger partial charge in [-0.3, -0.25) is 0 Å². The molecule has 0 N–H and O–H groups in total. The quantitative estimate of drug-likeness (QED) is 0.203. The van der Waals surface area contributed by atoms with Gasteiger partial charge in [0.05, 0.1) is 0 Å². The summed E-state index contributed by atoms with van der Waals surface area (Å²) in [5.74, 6) is 12.4. The van der Waals surface area contributed by atoms with Gasteiger partial charge >= 0.3 is 0 Å². The van der Waals surface area contributed by atoms with E-state index in [1.54, 1.807) is 0 Å². The number of benzene rings is 1. The van der Waals surface area contributed by atoms with Crippen LogP contribution in [0.5, 0.6) is 0 Å². The lowest BCUT2D eigenvalue weighted by atomic mass is 9.68. The lowest BCUT2D eigenvalue weighted by molar-refractivity contribution is 0.151. The zero-order chi connectivity index (χ0) is 26.4. The third kappa shape index (κ3) is 9.61. The van der Waals surface area contributed by atoms with Gasteiger partial charge in [0.1, 0.15) is 0 Å². The minimum Gasteiger partial charge on any atom is -0.0730 e. The summed E-state index contributed by atoms with van der Waals surface area (Å²) in [7, 11) is 0. The standard InChI is InChI=1S/C38H58/c1-3-5-7-8-12-32-17-25-36(26-18-32)38-29-21-34(22-30-38)14-10-9-13-33-19-27-37(28-20-33)35-23-15-31(16-24-35)11-6-4-2/h10,14,19-20,27-28,31-32,34-36,38H,3-8,11-12,15-18,21-26,29-30H2,1-2H3/t31-,32-,34-,35-,36-,38-. The van der Waals surface area contributed by atoms with E-state index >= 15 is 0 Å². The summed E-state index contributed by atoms with van der Waals surface area (Å²) in [5.41, 5.74) is 2.71. The number of hydrogen-bond donors (Lipinski definition) is 0. The van der Waals surface area contributed by atoms with Gasteiger partial charge in [0, 0.05) is 5.56 Å². The highest BCUT2D eigenvalue weighted by atomic mass is 14.4. The highest BCUT2D eigenvalue weighted by Gasteiger charge is 2.30. The predicted molar refractivity (Wildman–Crippen MR) is 166 cm³/mol. The van der Waals surface area contributed by atoms with Crippen LogP contribution >= 0.6 is 0 Å². The predicted octanol–water partition coefficient (Wildman–Crippen LogP) is 11.6. The Bertz CT molecular complexity index is 840. The fourth-order valence-corrected chi connectivity index (χ4v) is 8.04. The Kier molecular flexibility index (Phi) is 12.9. The second kappa shape index (κ2) is 16.6. The molecule has 0 amide bonds. The molecule has 4 rings (SSSR count). The summed E-state index contributed by atoms with van der Waals surface area (Å²) in [6.45, 7) is 4.64. The summed E-state index contributed by atoms with van der Waals surface area (Å²) < 4.78 is 0. The minimum absolute atomic E-state index is 0.755. The molecule has 3 aliphatic carbocycles. The summed E-state index contributed by atoms with van der Waals surface area (Å²) in [4.78, 5) is 0. The van der Waals surface area contributed by atoms with Gasteiger partial charge in [-0.1, -0.05) is 108 Å². The summed E-state index contributed by atoms with van der Waals surface area (Å²) in [6, 6.07) is 9.22. The third-order valence-corrected chi connectivity index (χ3v) is 10.7. The van der Waals surface area contributed by atoms with Crippen LogP contribution in [0.15, 0.2) is 36.4 Å². The van der Waals surface area contributed by atoms with Gasteiger partial charge in [-0.2, -0.15) is 0 Å². The maximum atomic E-state index is 3.39. The molecule has 1 aromatic carbocycles. The van der Waals surface area contributed by atoms with Crippen molar-refractivity contribution in [3.05, 3.63) is 47.5 Å². The van der Waals surface area contributed by atoms with E-state index in [0.717, 1.165) is 35.5 Å². The smallest absolute Gasteiger partial charge is 0.0249 e. The van der Waals surface area contributed by atoms with Crippen LogP contribution in [0, 0.1) is 41.4 Å². The van der Waals surface area contributed by atoms with E-state index in [2.05, 4.69) is 62.1 Å². The molecule has 0 bridgehead atoms. The van der Waals surface area contributed by atoms with Gasteiger partial charge in [0.2, 0.25) is 0 Å². The molecule has 38 heavy (non-hydrogen) atoms. The van der Waals surface area contributed by atoms with Gasteiger partial charge in [-0.25, -0.2) is 0 Å². The van der Waals surface area contributed by atoms with E-state index in [9.17, 15) is 0 Å². The molecule has 3 fully saturated rings. The number of unbranched alkanes of at least 4 members (excludes halogenated alkanes) is 4.